The first-order chi connectivity index (χ1) is 13.5. The van der Waals surface area contributed by atoms with Crippen molar-refractivity contribution in [3.63, 3.8) is 0 Å². The van der Waals surface area contributed by atoms with Gasteiger partial charge < -0.3 is 9.73 Å². The van der Waals surface area contributed by atoms with E-state index in [1.54, 1.807) is 36.4 Å². The Bertz CT molecular complexity index is 1120. The van der Waals surface area contributed by atoms with E-state index in [1.807, 2.05) is 6.07 Å². The maximum Gasteiger partial charge on any atom is 0.293 e. The van der Waals surface area contributed by atoms with Gasteiger partial charge in [-0.1, -0.05) is 24.3 Å². The van der Waals surface area contributed by atoms with Crippen LogP contribution < -0.4 is 10.6 Å². The number of rotatable bonds is 4. The van der Waals surface area contributed by atoms with Crippen molar-refractivity contribution in [3.05, 3.63) is 82.1 Å². The van der Waals surface area contributed by atoms with Crippen LogP contribution in [-0.4, -0.2) is 15.9 Å². The van der Waals surface area contributed by atoms with Crippen LogP contribution in [0.3, 0.4) is 0 Å². The minimum absolute atomic E-state index is 0.0173. The summed E-state index contributed by atoms with van der Waals surface area (Å²) in [7, 11) is 0. The van der Waals surface area contributed by atoms with E-state index in [0.717, 1.165) is 0 Å². The summed E-state index contributed by atoms with van der Waals surface area (Å²) in [5, 5.41) is 25.4. The summed E-state index contributed by atoms with van der Waals surface area (Å²) in [4.78, 5) is 23.0. The van der Waals surface area contributed by atoms with Gasteiger partial charge >= 0.3 is 0 Å². The fourth-order valence-electron chi connectivity index (χ4n) is 2.45. The van der Waals surface area contributed by atoms with E-state index in [9.17, 15) is 14.9 Å². The van der Waals surface area contributed by atoms with Crippen LogP contribution in [0.1, 0.15) is 16.1 Å². The number of hydrogen-bond acceptors (Lipinski definition) is 6. The van der Waals surface area contributed by atoms with E-state index in [0.29, 0.717) is 11.3 Å². The number of hydrogen-bond donors (Lipinski definition) is 2. The van der Waals surface area contributed by atoms with Crippen LogP contribution in [-0.2, 0) is 0 Å². The lowest BCUT2D eigenvalue weighted by Crippen LogP contribution is -2.34. The third-order valence-electron chi connectivity index (χ3n) is 3.72. The molecule has 0 bridgehead atoms. The molecule has 3 aromatic rings. The molecular formula is C19H12N4O4S. The van der Waals surface area contributed by atoms with Gasteiger partial charge in [0.1, 0.15) is 11.8 Å². The van der Waals surface area contributed by atoms with Crippen molar-refractivity contribution < 1.29 is 14.1 Å². The molecule has 3 rings (SSSR count). The lowest BCUT2D eigenvalue weighted by Gasteiger charge is -2.09. The molecule has 8 nitrogen and oxygen atoms in total. The quantitative estimate of drug-likeness (QED) is 0.393. The van der Waals surface area contributed by atoms with E-state index in [-0.39, 0.29) is 27.9 Å². The minimum Gasteiger partial charge on any atom is -0.451 e. The van der Waals surface area contributed by atoms with Gasteiger partial charge in [-0.15, -0.1) is 0 Å². The third kappa shape index (κ3) is 4.03. The third-order valence-corrected chi connectivity index (χ3v) is 3.92. The summed E-state index contributed by atoms with van der Waals surface area (Å²) in [6, 6.07) is 17.6. The van der Waals surface area contributed by atoms with Crippen LogP contribution in [0.4, 0.5) is 11.4 Å². The van der Waals surface area contributed by atoms with E-state index < -0.39 is 10.8 Å². The van der Waals surface area contributed by atoms with Gasteiger partial charge in [-0.3, -0.25) is 20.2 Å². The van der Waals surface area contributed by atoms with Gasteiger partial charge in [-0.25, -0.2) is 0 Å². The molecule has 1 aromatic heterocycles. The highest BCUT2D eigenvalue weighted by Gasteiger charge is 2.19. The fraction of sp³-hybridized carbons (Fsp3) is 0. The lowest BCUT2D eigenvalue weighted by atomic mass is 10.1. The number of nitro benzene ring substituents is 1. The predicted octanol–water partition coefficient (Wildman–Crippen LogP) is 3.85. The van der Waals surface area contributed by atoms with Gasteiger partial charge in [-0.05, 0) is 42.5 Å². The number of furan rings is 1. The zero-order chi connectivity index (χ0) is 20.1. The van der Waals surface area contributed by atoms with Crippen molar-refractivity contribution in [1.82, 2.24) is 5.32 Å². The molecule has 0 fully saturated rings. The van der Waals surface area contributed by atoms with Gasteiger partial charge in [0.2, 0.25) is 0 Å². The van der Waals surface area contributed by atoms with Crippen LogP contribution >= 0.6 is 12.2 Å². The molecule has 138 valence electrons. The number of carbonyl (C=O) groups excluding carboxylic acids is 1. The van der Waals surface area contributed by atoms with Crippen LogP contribution in [0.2, 0.25) is 0 Å². The number of nitro groups is 1. The monoisotopic (exact) mass is 392 g/mol. The Morgan fingerprint density at radius 2 is 1.82 bits per heavy atom. The van der Waals surface area contributed by atoms with Crippen LogP contribution in [0, 0.1) is 21.4 Å². The standard InChI is InChI=1S/C19H12N4O4S/c20-11-12-5-1-3-7-14(12)21-19(28)22-18(24)17-10-9-16(27-17)13-6-2-4-8-15(13)23(25)26/h1-10H,(H2,21,22,24,28). The summed E-state index contributed by atoms with van der Waals surface area (Å²) >= 11 is 5.09. The average molecular weight is 392 g/mol. The Morgan fingerprint density at radius 1 is 1.11 bits per heavy atom. The number of nitrogens with zero attached hydrogens (tertiary/aromatic N) is 2. The molecule has 2 N–H and O–H groups in total. The molecule has 2 aromatic carbocycles. The van der Waals surface area contributed by atoms with Gasteiger partial charge in [0.25, 0.3) is 11.6 Å². The van der Waals surface area contributed by atoms with E-state index in [2.05, 4.69) is 10.6 Å². The normalized spacial score (nSPS) is 9.96. The number of benzene rings is 2. The largest absolute Gasteiger partial charge is 0.451 e. The lowest BCUT2D eigenvalue weighted by molar-refractivity contribution is -0.384. The summed E-state index contributed by atoms with van der Waals surface area (Å²) in [6.45, 7) is 0. The molecule has 0 spiro atoms. The van der Waals surface area contributed by atoms with Crippen molar-refractivity contribution in [2.45, 2.75) is 0 Å². The number of carbonyl (C=O) groups is 1. The first-order valence-corrected chi connectivity index (χ1v) is 8.35. The minimum atomic E-state index is -0.628. The number of amides is 1. The second kappa shape index (κ2) is 8.11. The number of nitriles is 1. The summed E-state index contributed by atoms with van der Waals surface area (Å²) in [5.41, 5.74) is 0.954. The maximum absolute atomic E-state index is 12.3. The van der Waals surface area contributed by atoms with Crippen molar-refractivity contribution >= 4 is 34.6 Å². The molecule has 0 aliphatic carbocycles. The van der Waals surface area contributed by atoms with Crippen molar-refractivity contribution in [2.75, 3.05) is 5.32 Å². The zero-order valence-corrected chi connectivity index (χ0v) is 15.0. The summed E-state index contributed by atoms with van der Waals surface area (Å²) < 4.78 is 5.46. The first kappa shape index (κ1) is 18.8. The van der Waals surface area contributed by atoms with E-state index in [1.165, 1.54) is 24.3 Å². The maximum atomic E-state index is 12.3. The molecule has 0 unspecified atom stereocenters. The van der Waals surface area contributed by atoms with Crippen molar-refractivity contribution in [2.24, 2.45) is 0 Å². The number of nitrogens with one attached hydrogen (secondary N) is 2. The predicted molar refractivity (Wildman–Crippen MR) is 106 cm³/mol. The summed E-state index contributed by atoms with van der Waals surface area (Å²) in [5.74, 6) is -0.506. The van der Waals surface area contributed by atoms with Crippen LogP contribution in [0.15, 0.2) is 65.1 Å². The Labute approximate surface area is 164 Å². The molecular weight excluding hydrogens is 380 g/mol. The van der Waals surface area contributed by atoms with Gasteiger partial charge in [-0.2, -0.15) is 5.26 Å². The van der Waals surface area contributed by atoms with Crippen molar-refractivity contribution in [3.8, 4) is 17.4 Å². The molecule has 28 heavy (non-hydrogen) atoms. The topological polar surface area (TPSA) is 121 Å². The smallest absolute Gasteiger partial charge is 0.293 e. The van der Waals surface area contributed by atoms with Gasteiger partial charge in [0, 0.05) is 6.07 Å². The molecule has 1 amide bonds. The summed E-state index contributed by atoms with van der Waals surface area (Å²) in [6.07, 6.45) is 0. The number of anilines is 1. The van der Waals surface area contributed by atoms with E-state index >= 15 is 0 Å². The SMILES string of the molecule is N#Cc1ccccc1NC(=S)NC(=O)c1ccc(-c2ccccc2[N+](=O)[O-])o1. The molecule has 0 radical (unpaired) electrons. The second-order valence-corrected chi connectivity index (χ2v) is 5.91. The van der Waals surface area contributed by atoms with Crippen molar-refractivity contribution in [1.29, 1.82) is 5.26 Å². The molecule has 0 aliphatic rings. The molecule has 0 saturated carbocycles. The Hall–Kier alpha value is -4.03. The Kier molecular flexibility index (Phi) is 5.43. The highest BCUT2D eigenvalue weighted by molar-refractivity contribution is 7.80. The number of thiocarbonyl (C=S) groups is 1. The molecule has 0 saturated heterocycles. The van der Waals surface area contributed by atoms with Gasteiger partial charge in [0.05, 0.1) is 21.7 Å². The van der Waals surface area contributed by atoms with E-state index in [4.69, 9.17) is 21.9 Å². The van der Waals surface area contributed by atoms with Gasteiger partial charge in [0.15, 0.2) is 10.9 Å². The fourth-order valence-corrected chi connectivity index (χ4v) is 2.66. The molecule has 0 aliphatic heterocycles. The number of para-hydroxylation sites is 2. The highest BCUT2D eigenvalue weighted by atomic mass is 32.1. The molecule has 9 heteroatoms. The molecule has 0 atom stereocenters. The first-order valence-electron chi connectivity index (χ1n) is 7.94. The molecule has 1 heterocycles. The van der Waals surface area contributed by atoms with Crippen LogP contribution in [0.25, 0.3) is 11.3 Å². The second-order valence-electron chi connectivity index (χ2n) is 5.50. The Morgan fingerprint density at radius 3 is 2.57 bits per heavy atom. The van der Waals surface area contributed by atoms with Crippen LogP contribution in [0.5, 0.6) is 0 Å². The Balaban J connectivity index is 1.74. The zero-order valence-electron chi connectivity index (χ0n) is 14.2. The highest BCUT2D eigenvalue weighted by Crippen LogP contribution is 2.30. The average Bonchev–Trinajstić information content (AvgIpc) is 3.18.